The van der Waals surface area contributed by atoms with Gasteiger partial charge in [0, 0.05) is 24.6 Å². The number of ether oxygens (including phenoxy) is 1. The lowest BCUT2D eigenvalue weighted by atomic mass is 10.0. The number of nitrogens with zero attached hydrogens (tertiary/aromatic N) is 3. The fraction of sp³-hybridized carbons (Fsp3) is 0.778. The predicted molar refractivity (Wildman–Crippen MR) is 56.8 cm³/mol. The highest BCUT2D eigenvalue weighted by atomic mass is 32.1. The summed E-state index contributed by atoms with van der Waals surface area (Å²) < 4.78 is 9.78. The molecule has 0 amide bonds. The van der Waals surface area contributed by atoms with Crippen molar-refractivity contribution in [3.05, 3.63) is 6.33 Å². The summed E-state index contributed by atoms with van der Waals surface area (Å²) in [5.74, 6) is 0. The standard InChI is InChI=1S/C9H15N3OS/c1-3-9(2)6-12(4-5-13-9)8-10-7-11-14-8/h7H,3-6H2,1-2H3. The van der Waals surface area contributed by atoms with Crippen LogP contribution in [0.3, 0.4) is 0 Å². The molecule has 5 heteroatoms. The van der Waals surface area contributed by atoms with Crippen molar-refractivity contribution in [2.75, 3.05) is 24.6 Å². The average Bonchev–Trinajstić information content (AvgIpc) is 2.71. The minimum Gasteiger partial charge on any atom is -0.372 e. The van der Waals surface area contributed by atoms with E-state index in [0.717, 1.165) is 31.2 Å². The summed E-state index contributed by atoms with van der Waals surface area (Å²) >= 11 is 1.45. The van der Waals surface area contributed by atoms with Crippen LogP contribution in [0.4, 0.5) is 5.13 Å². The van der Waals surface area contributed by atoms with E-state index in [0.29, 0.717) is 0 Å². The molecule has 14 heavy (non-hydrogen) atoms. The van der Waals surface area contributed by atoms with Gasteiger partial charge in [-0.15, -0.1) is 0 Å². The number of rotatable bonds is 2. The Morgan fingerprint density at radius 2 is 2.57 bits per heavy atom. The zero-order valence-electron chi connectivity index (χ0n) is 8.56. The van der Waals surface area contributed by atoms with E-state index in [1.165, 1.54) is 11.5 Å². The molecule has 1 aromatic rings. The Morgan fingerprint density at radius 1 is 1.71 bits per heavy atom. The maximum Gasteiger partial charge on any atom is 0.205 e. The van der Waals surface area contributed by atoms with Crippen molar-refractivity contribution in [2.45, 2.75) is 25.9 Å². The highest BCUT2D eigenvalue weighted by Crippen LogP contribution is 2.25. The minimum absolute atomic E-state index is 0.0239. The Kier molecular flexibility index (Phi) is 2.69. The fourth-order valence-corrected chi connectivity index (χ4v) is 2.17. The molecule has 1 atom stereocenters. The van der Waals surface area contributed by atoms with Crippen LogP contribution in [0.25, 0.3) is 0 Å². The van der Waals surface area contributed by atoms with Crippen molar-refractivity contribution in [1.29, 1.82) is 0 Å². The van der Waals surface area contributed by atoms with Gasteiger partial charge in [0.1, 0.15) is 6.33 Å². The SMILES string of the molecule is CCC1(C)CN(c2ncns2)CCO1. The van der Waals surface area contributed by atoms with Crippen LogP contribution in [0.15, 0.2) is 6.33 Å². The molecule has 1 aliphatic heterocycles. The van der Waals surface area contributed by atoms with E-state index in [4.69, 9.17) is 4.74 Å². The second-order valence-corrected chi connectivity index (χ2v) is 4.56. The van der Waals surface area contributed by atoms with Crippen LogP contribution >= 0.6 is 11.5 Å². The minimum atomic E-state index is -0.0239. The average molecular weight is 213 g/mol. The maximum absolute atomic E-state index is 5.76. The summed E-state index contributed by atoms with van der Waals surface area (Å²) in [4.78, 5) is 6.47. The number of anilines is 1. The Labute approximate surface area is 88.1 Å². The topological polar surface area (TPSA) is 38.2 Å². The normalized spacial score (nSPS) is 28.0. The molecule has 1 aromatic heterocycles. The van der Waals surface area contributed by atoms with Gasteiger partial charge in [0.2, 0.25) is 5.13 Å². The highest BCUT2D eigenvalue weighted by Gasteiger charge is 2.31. The zero-order chi connectivity index (χ0) is 10.0. The molecule has 1 fully saturated rings. The van der Waals surface area contributed by atoms with E-state index in [2.05, 4.69) is 28.1 Å². The van der Waals surface area contributed by atoms with Crippen LogP contribution in [-0.2, 0) is 4.74 Å². The van der Waals surface area contributed by atoms with Crippen molar-refractivity contribution >= 4 is 16.7 Å². The van der Waals surface area contributed by atoms with Crippen molar-refractivity contribution in [3.63, 3.8) is 0 Å². The first-order valence-electron chi connectivity index (χ1n) is 4.89. The molecule has 1 unspecified atom stereocenters. The number of morpholine rings is 1. The molecule has 2 rings (SSSR count). The second kappa shape index (κ2) is 3.82. The molecule has 0 radical (unpaired) electrons. The molecule has 0 aliphatic carbocycles. The lowest BCUT2D eigenvalue weighted by Crippen LogP contribution is -2.49. The van der Waals surface area contributed by atoms with Crippen LogP contribution in [0.1, 0.15) is 20.3 Å². The molecule has 0 spiro atoms. The Bertz CT molecular complexity index is 290. The molecular weight excluding hydrogens is 198 g/mol. The van der Waals surface area contributed by atoms with Crippen molar-refractivity contribution < 1.29 is 4.74 Å². The molecule has 4 nitrogen and oxygen atoms in total. The lowest BCUT2D eigenvalue weighted by molar-refractivity contribution is -0.0441. The van der Waals surface area contributed by atoms with E-state index in [1.807, 2.05) is 0 Å². The molecule has 0 N–H and O–H groups in total. The van der Waals surface area contributed by atoms with Crippen LogP contribution in [0, 0.1) is 0 Å². The smallest absolute Gasteiger partial charge is 0.205 e. The van der Waals surface area contributed by atoms with Gasteiger partial charge in [0.05, 0.1) is 12.2 Å². The van der Waals surface area contributed by atoms with Gasteiger partial charge in [-0.1, -0.05) is 6.92 Å². The summed E-state index contributed by atoms with van der Waals surface area (Å²) in [6.07, 6.45) is 2.64. The van der Waals surface area contributed by atoms with Crippen LogP contribution in [0.2, 0.25) is 0 Å². The van der Waals surface area contributed by atoms with Crippen molar-refractivity contribution in [3.8, 4) is 0 Å². The Morgan fingerprint density at radius 3 is 3.21 bits per heavy atom. The van der Waals surface area contributed by atoms with E-state index < -0.39 is 0 Å². The summed E-state index contributed by atoms with van der Waals surface area (Å²) in [6.45, 7) is 6.93. The van der Waals surface area contributed by atoms with Gasteiger partial charge < -0.3 is 9.64 Å². The van der Waals surface area contributed by atoms with Crippen molar-refractivity contribution in [1.82, 2.24) is 9.36 Å². The molecule has 0 aromatic carbocycles. The van der Waals surface area contributed by atoms with E-state index >= 15 is 0 Å². The second-order valence-electron chi connectivity index (χ2n) is 3.80. The monoisotopic (exact) mass is 213 g/mol. The zero-order valence-corrected chi connectivity index (χ0v) is 9.38. The molecular formula is C9H15N3OS. The van der Waals surface area contributed by atoms with Crippen molar-refractivity contribution in [2.24, 2.45) is 0 Å². The molecule has 0 bridgehead atoms. The predicted octanol–water partition coefficient (Wildman–Crippen LogP) is 1.54. The third kappa shape index (κ3) is 1.88. The van der Waals surface area contributed by atoms with Gasteiger partial charge >= 0.3 is 0 Å². The van der Waals surface area contributed by atoms with E-state index in [1.54, 1.807) is 6.33 Å². The lowest BCUT2D eigenvalue weighted by Gasteiger charge is -2.39. The maximum atomic E-state index is 5.76. The van der Waals surface area contributed by atoms with Gasteiger partial charge in [-0.25, -0.2) is 4.98 Å². The van der Waals surface area contributed by atoms with Gasteiger partial charge in [-0.3, -0.25) is 0 Å². The molecule has 78 valence electrons. The first-order valence-corrected chi connectivity index (χ1v) is 5.66. The fourth-order valence-electron chi connectivity index (χ4n) is 1.61. The summed E-state index contributed by atoms with van der Waals surface area (Å²) in [6, 6.07) is 0. The molecule has 1 aliphatic rings. The number of aromatic nitrogens is 2. The Balaban J connectivity index is 2.08. The van der Waals surface area contributed by atoms with Crippen LogP contribution in [-0.4, -0.2) is 34.7 Å². The van der Waals surface area contributed by atoms with Gasteiger partial charge in [0.25, 0.3) is 0 Å². The Hall–Kier alpha value is -0.680. The number of hydrogen-bond donors (Lipinski definition) is 0. The largest absolute Gasteiger partial charge is 0.372 e. The van der Waals surface area contributed by atoms with Crippen LogP contribution in [0.5, 0.6) is 0 Å². The van der Waals surface area contributed by atoms with Gasteiger partial charge in [0.15, 0.2) is 0 Å². The van der Waals surface area contributed by atoms with Gasteiger partial charge in [-0.2, -0.15) is 4.37 Å². The van der Waals surface area contributed by atoms with Crippen LogP contribution < -0.4 is 4.90 Å². The molecule has 1 saturated heterocycles. The highest BCUT2D eigenvalue weighted by molar-refractivity contribution is 7.09. The quantitative estimate of drug-likeness (QED) is 0.747. The van der Waals surface area contributed by atoms with Gasteiger partial charge in [-0.05, 0) is 13.3 Å². The third-order valence-electron chi connectivity index (χ3n) is 2.71. The molecule has 0 saturated carbocycles. The third-order valence-corrected chi connectivity index (χ3v) is 3.43. The summed E-state index contributed by atoms with van der Waals surface area (Å²) in [5.41, 5.74) is -0.0239. The summed E-state index contributed by atoms with van der Waals surface area (Å²) in [7, 11) is 0. The molecule has 2 heterocycles. The first-order chi connectivity index (χ1) is 6.73. The van der Waals surface area contributed by atoms with E-state index in [-0.39, 0.29) is 5.60 Å². The first kappa shape index (κ1) is 9.86. The number of hydrogen-bond acceptors (Lipinski definition) is 5. The summed E-state index contributed by atoms with van der Waals surface area (Å²) in [5, 5.41) is 1.01. The van der Waals surface area contributed by atoms with E-state index in [9.17, 15) is 0 Å².